The number of aromatic nitrogens is 4. The van der Waals surface area contributed by atoms with E-state index in [1.165, 1.54) is 51.6 Å². The number of hydrogen-bond donors (Lipinski definition) is 3. The van der Waals surface area contributed by atoms with Gasteiger partial charge in [-0.1, -0.05) is 47.7 Å². The molecule has 6 rings (SSSR count). The minimum absolute atomic E-state index is 0.0981. The molecule has 3 N–H and O–H groups in total. The number of hydrogen-bond acceptors (Lipinski definition) is 10. The molecule has 3 aromatic heterocycles. The molecule has 0 aliphatic carbocycles. The van der Waals surface area contributed by atoms with Crippen molar-refractivity contribution in [1.82, 2.24) is 20.0 Å². The third-order valence-corrected chi connectivity index (χ3v) is 7.81. The maximum absolute atomic E-state index is 13.8. The number of thiophene rings is 1. The van der Waals surface area contributed by atoms with Crippen molar-refractivity contribution in [3.63, 3.8) is 0 Å². The number of para-hydroxylation sites is 2. The Bertz CT molecular complexity index is 1940. The highest BCUT2D eigenvalue weighted by molar-refractivity contribution is 7.80. The van der Waals surface area contributed by atoms with Gasteiger partial charge in [0.05, 0.1) is 16.0 Å². The van der Waals surface area contributed by atoms with E-state index < -0.39 is 10.5 Å². The zero-order chi connectivity index (χ0) is 28.3. The van der Waals surface area contributed by atoms with E-state index in [9.17, 15) is 14.9 Å². The molecule has 0 amide bonds. The van der Waals surface area contributed by atoms with E-state index >= 15 is 0 Å². The molecule has 11 nitrogen and oxygen atoms in total. The van der Waals surface area contributed by atoms with E-state index in [2.05, 4.69) is 31.2 Å². The Morgan fingerprint density at radius 1 is 0.902 bits per heavy atom. The lowest BCUT2D eigenvalue weighted by Crippen LogP contribution is -2.24. The molecule has 0 aliphatic rings. The summed E-state index contributed by atoms with van der Waals surface area (Å²) in [5, 5.41) is 38.5. The molecule has 41 heavy (non-hydrogen) atoms. The van der Waals surface area contributed by atoms with Crippen LogP contribution in [0.25, 0.3) is 27.2 Å². The Morgan fingerprint density at radius 3 is 2.27 bits per heavy atom. The molecular formula is C27H18N8O3S3. The number of rotatable bonds is 7. The van der Waals surface area contributed by atoms with Crippen LogP contribution < -0.4 is 21.5 Å². The molecule has 0 atom stereocenters. The van der Waals surface area contributed by atoms with Crippen LogP contribution in [-0.4, -0.2) is 30.0 Å². The summed E-state index contributed by atoms with van der Waals surface area (Å²) < 4.78 is 1.21. The summed E-state index contributed by atoms with van der Waals surface area (Å²) in [5.41, 5.74) is 1.92. The molecule has 0 bridgehead atoms. The third-order valence-electron chi connectivity index (χ3n) is 5.87. The third kappa shape index (κ3) is 5.51. The van der Waals surface area contributed by atoms with Crippen LogP contribution in [0.1, 0.15) is 0 Å². The van der Waals surface area contributed by atoms with E-state index in [1.54, 1.807) is 0 Å². The Labute approximate surface area is 245 Å². The number of nitrogens with zero attached hydrogens (tertiary/aromatic N) is 5. The zero-order valence-electron chi connectivity index (χ0n) is 20.8. The fourth-order valence-electron chi connectivity index (χ4n) is 3.99. The molecular weight excluding hydrogens is 581 g/mol. The monoisotopic (exact) mass is 598 g/mol. The summed E-state index contributed by atoms with van der Waals surface area (Å²) >= 11 is 8.10. The minimum Gasteiger partial charge on any atom is -0.332 e. The minimum atomic E-state index is -0.501. The average molecular weight is 599 g/mol. The molecule has 3 aromatic carbocycles. The van der Waals surface area contributed by atoms with Crippen molar-refractivity contribution >= 4 is 78.0 Å². The first-order valence-electron chi connectivity index (χ1n) is 12.0. The van der Waals surface area contributed by atoms with Crippen molar-refractivity contribution in [1.29, 1.82) is 0 Å². The number of thiocarbonyl (C=S) groups is 1. The number of fused-ring (bicyclic) bond motifs is 1. The van der Waals surface area contributed by atoms with E-state index in [4.69, 9.17) is 12.2 Å². The van der Waals surface area contributed by atoms with Crippen LogP contribution in [0.3, 0.4) is 0 Å². The second kappa shape index (κ2) is 11.2. The van der Waals surface area contributed by atoms with Crippen molar-refractivity contribution in [2.75, 3.05) is 16.0 Å². The fourth-order valence-corrected chi connectivity index (χ4v) is 5.98. The molecule has 0 saturated heterocycles. The standard InChI is InChI=1S/C27H18N8O3S3/c36-25-21-20(15-40-23(21)30-26(39)28-16-7-3-1-4-8-16)22(33-34(25)18-11-13-19(14-12-18)35(37)38)24-31-32-27(41-24)29-17-9-5-2-6-10-17/h1-15H,(H,29,32)(H2,28,30,39). The summed E-state index contributed by atoms with van der Waals surface area (Å²) in [5.74, 6) is 0. The molecule has 14 heteroatoms. The molecule has 0 fully saturated rings. The van der Waals surface area contributed by atoms with Gasteiger partial charge in [-0.3, -0.25) is 14.9 Å². The molecule has 0 spiro atoms. The van der Waals surface area contributed by atoms with Crippen molar-refractivity contribution in [3.8, 4) is 16.4 Å². The van der Waals surface area contributed by atoms with Gasteiger partial charge in [0.1, 0.15) is 10.7 Å². The van der Waals surface area contributed by atoms with Crippen molar-refractivity contribution in [2.24, 2.45) is 0 Å². The number of nitrogens with one attached hydrogen (secondary N) is 3. The predicted molar refractivity (Wildman–Crippen MR) is 167 cm³/mol. The summed E-state index contributed by atoms with van der Waals surface area (Å²) in [6.45, 7) is 0. The number of nitro benzene ring substituents is 1. The number of nitro groups is 1. The lowest BCUT2D eigenvalue weighted by Gasteiger charge is -2.11. The maximum Gasteiger partial charge on any atom is 0.282 e. The molecule has 202 valence electrons. The Hall–Kier alpha value is -5.05. The maximum atomic E-state index is 13.8. The van der Waals surface area contributed by atoms with E-state index in [0.717, 1.165) is 11.4 Å². The normalized spacial score (nSPS) is 10.8. The molecule has 3 heterocycles. The van der Waals surface area contributed by atoms with E-state index in [0.29, 0.717) is 42.4 Å². The van der Waals surface area contributed by atoms with Gasteiger partial charge in [-0.15, -0.1) is 21.5 Å². The molecule has 0 aliphatic heterocycles. The van der Waals surface area contributed by atoms with Crippen molar-refractivity contribution in [3.05, 3.63) is 111 Å². The van der Waals surface area contributed by atoms with Gasteiger partial charge in [-0.05, 0) is 48.6 Å². The highest BCUT2D eigenvalue weighted by atomic mass is 32.1. The van der Waals surface area contributed by atoms with Crippen LogP contribution >= 0.6 is 34.9 Å². The van der Waals surface area contributed by atoms with Crippen LogP contribution in [0.4, 0.5) is 27.2 Å². The number of benzene rings is 3. The predicted octanol–water partition coefficient (Wildman–Crippen LogP) is 6.43. The van der Waals surface area contributed by atoms with Crippen LogP contribution in [0.2, 0.25) is 0 Å². The molecule has 0 radical (unpaired) electrons. The van der Waals surface area contributed by atoms with Gasteiger partial charge < -0.3 is 16.0 Å². The first kappa shape index (κ1) is 26.2. The van der Waals surface area contributed by atoms with Crippen LogP contribution in [0.15, 0.2) is 95.1 Å². The summed E-state index contributed by atoms with van der Waals surface area (Å²) in [4.78, 5) is 24.5. The number of non-ortho nitro benzene ring substituents is 1. The lowest BCUT2D eigenvalue weighted by atomic mass is 10.2. The van der Waals surface area contributed by atoms with Crippen LogP contribution in [-0.2, 0) is 0 Å². The SMILES string of the molecule is O=c1c2c(NC(=S)Nc3ccccc3)scc2c(-c2nnc(Nc3ccccc3)s2)nn1-c1ccc([N+](=O)[O-])cc1. The van der Waals surface area contributed by atoms with Crippen molar-refractivity contribution in [2.45, 2.75) is 0 Å². The Morgan fingerprint density at radius 2 is 1.59 bits per heavy atom. The zero-order valence-corrected chi connectivity index (χ0v) is 23.3. The van der Waals surface area contributed by atoms with Gasteiger partial charge in [-0.2, -0.15) is 9.78 Å². The average Bonchev–Trinajstić information content (AvgIpc) is 3.62. The number of anilines is 4. The second-order valence-corrected chi connectivity index (χ2v) is 10.8. The first-order valence-corrected chi connectivity index (χ1v) is 14.1. The lowest BCUT2D eigenvalue weighted by molar-refractivity contribution is -0.384. The second-order valence-electron chi connectivity index (χ2n) is 8.54. The van der Waals surface area contributed by atoms with Gasteiger partial charge in [0.2, 0.25) is 5.13 Å². The van der Waals surface area contributed by atoms with Gasteiger partial charge in [0.15, 0.2) is 10.1 Å². The summed E-state index contributed by atoms with van der Waals surface area (Å²) in [6.07, 6.45) is 0. The molecule has 6 aromatic rings. The summed E-state index contributed by atoms with van der Waals surface area (Å²) in [6, 6.07) is 24.6. The fraction of sp³-hybridized carbons (Fsp3) is 0. The largest absolute Gasteiger partial charge is 0.332 e. The van der Waals surface area contributed by atoms with Crippen molar-refractivity contribution < 1.29 is 4.92 Å². The highest BCUT2D eigenvalue weighted by Gasteiger charge is 2.22. The van der Waals surface area contributed by atoms with Gasteiger partial charge in [0.25, 0.3) is 11.2 Å². The quantitative estimate of drug-likeness (QED) is 0.107. The van der Waals surface area contributed by atoms with Crippen LogP contribution in [0.5, 0.6) is 0 Å². The Balaban J connectivity index is 1.44. The topological polar surface area (TPSA) is 140 Å². The molecule has 0 unspecified atom stereocenters. The Kier molecular flexibility index (Phi) is 7.16. The van der Waals surface area contributed by atoms with Gasteiger partial charge >= 0.3 is 0 Å². The van der Waals surface area contributed by atoms with E-state index in [-0.39, 0.29) is 5.69 Å². The van der Waals surface area contributed by atoms with Gasteiger partial charge in [-0.25, -0.2) is 0 Å². The van der Waals surface area contributed by atoms with E-state index in [1.807, 2.05) is 66.0 Å². The summed E-state index contributed by atoms with van der Waals surface area (Å²) in [7, 11) is 0. The van der Waals surface area contributed by atoms with Gasteiger partial charge in [0, 0.05) is 34.3 Å². The van der Waals surface area contributed by atoms with Crippen LogP contribution in [0, 0.1) is 10.1 Å². The highest BCUT2D eigenvalue weighted by Crippen LogP contribution is 2.37. The molecule has 0 saturated carbocycles. The smallest absolute Gasteiger partial charge is 0.282 e. The first-order chi connectivity index (χ1) is 20.0.